The van der Waals surface area contributed by atoms with Gasteiger partial charge in [-0.25, -0.2) is 0 Å². The third-order valence-corrected chi connectivity index (χ3v) is 4.19. The Balaban J connectivity index is 1.84. The summed E-state index contributed by atoms with van der Waals surface area (Å²) in [4.78, 5) is 14.3. The summed E-state index contributed by atoms with van der Waals surface area (Å²) in [5, 5.41) is 3.31. The molecule has 0 aromatic heterocycles. The van der Waals surface area contributed by atoms with Gasteiger partial charge in [0.1, 0.15) is 11.9 Å². The average Bonchev–Trinajstić information content (AvgIpc) is 2.59. The van der Waals surface area contributed by atoms with Crippen molar-refractivity contribution in [3.8, 4) is 5.75 Å². The molecular formula is C17H26N2O3. The van der Waals surface area contributed by atoms with Gasteiger partial charge in [0.15, 0.2) is 0 Å². The topological polar surface area (TPSA) is 50.8 Å². The zero-order valence-corrected chi connectivity index (χ0v) is 13.7. The number of carbonyl (C=O) groups is 1. The summed E-state index contributed by atoms with van der Waals surface area (Å²) in [5.74, 6) is 0.849. The lowest BCUT2D eigenvalue weighted by Gasteiger charge is -2.33. The molecule has 1 aromatic carbocycles. The summed E-state index contributed by atoms with van der Waals surface area (Å²) >= 11 is 0. The molecule has 1 aliphatic rings. The fraction of sp³-hybridized carbons (Fsp3) is 0.588. The highest BCUT2D eigenvalue weighted by Crippen LogP contribution is 2.15. The molecule has 1 heterocycles. The van der Waals surface area contributed by atoms with Gasteiger partial charge in [0.2, 0.25) is 0 Å². The molecule has 0 spiro atoms. The van der Waals surface area contributed by atoms with Gasteiger partial charge in [0.05, 0.1) is 13.7 Å². The summed E-state index contributed by atoms with van der Waals surface area (Å²) in [6, 6.07) is 8.02. The maximum atomic E-state index is 12.4. The van der Waals surface area contributed by atoms with Crippen LogP contribution in [-0.4, -0.2) is 50.2 Å². The standard InChI is InChI=1S/C17H26N2O3/c1-13(17(20)19(2)15-7-9-18-10-8-15)22-12-14-5-4-6-16(11-14)21-3/h4-6,11,13,15,18H,7-10,12H2,1-3H3. The van der Waals surface area contributed by atoms with Gasteiger partial charge < -0.3 is 19.7 Å². The minimum absolute atomic E-state index is 0.0507. The third-order valence-electron chi connectivity index (χ3n) is 4.19. The van der Waals surface area contributed by atoms with E-state index in [9.17, 15) is 4.79 Å². The van der Waals surface area contributed by atoms with Crippen LogP contribution in [0.15, 0.2) is 24.3 Å². The van der Waals surface area contributed by atoms with E-state index in [-0.39, 0.29) is 5.91 Å². The fourth-order valence-electron chi connectivity index (χ4n) is 2.72. The smallest absolute Gasteiger partial charge is 0.251 e. The second kappa shape index (κ2) is 8.15. The SMILES string of the molecule is COc1cccc(COC(C)C(=O)N(C)C2CCNCC2)c1. The van der Waals surface area contributed by atoms with Gasteiger partial charge in [0, 0.05) is 13.1 Å². The van der Waals surface area contributed by atoms with Gasteiger partial charge in [-0.15, -0.1) is 0 Å². The summed E-state index contributed by atoms with van der Waals surface area (Å²) in [5.41, 5.74) is 1.00. The predicted octanol–water partition coefficient (Wildman–Crippen LogP) is 1.81. The van der Waals surface area contributed by atoms with Crippen molar-refractivity contribution >= 4 is 5.91 Å². The molecule has 0 radical (unpaired) electrons. The molecule has 0 aliphatic carbocycles. The van der Waals surface area contributed by atoms with Gasteiger partial charge in [-0.1, -0.05) is 12.1 Å². The normalized spacial score (nSPS) is 17.0. The highest BCUT2D eigenvalue weighted by Gasteiger charge is 2.25. The highest BCUT2D eigenvalue weighted by atomic mass is 16.5. The van der Waals surface area contributed by atoms with Crippen LogP contribution in [0.3, 0.4) is 0 Å². The molecule has 2 rings (SSSR count). The van der Waals surface area contributed by atoms with Crippen molar-refractivity contribution in [1.29, 1.82) is 0 Å². The number of hydrogen-bond donors (Lipinski definition) is 1. The van der Waals surface area contributed by atoms with E-state index in [2.05, 4.69) is 5.32 Å². The van der Waals surface area contributed by atoms with E-state index < -0.39 is 6.10 Å². The van der Waals surface area contributed by atoms with Crippen LogP contribution < -0.4 is 10.1 Å². The number of ether oxygens (including phenoxy) is 2. The van der Waals surface area contributed by atoms with E-state index in [4.69, 9.17) is 9.47 Å². The molecule has 22 heavy (non-hydrogen) atoms. The van der Waals surface area contributed by atoms with Gasteiger partial charge >= 0.3 is 0 Å². The molecule has 1 N–H and O–H groups in total. The monoisotopic (exact) mass is 306 g/mol. The van der Waals surface area contributed by atoms with Crippen LogP contribution in [0, 0.1) is 0 Å². The van der Waals surface area contributed by atoms with Gasteiger partial charge in [-0.3, -0.25) is 4.79 Å². The number of rotatable bonds is 6. The number of hydrogen-bond acceptors (Lipinski definition) is 4. The van der Waals surface area contributed by atoms with Crippen molar-refractivity contribution in [2.75, 3.05) is 27.2 Å². The first kappa shape index (κ1) is 16.8. The Morgan fingerprint density at radius 1 is 1.41 bits per heavy atom. The molecule has 5 heteroatoms. The van der Waals surface area contributed by atoms with Gasteiger partial charge in [-0.05, 0) is 50.6 Å². The first-order valence-electron chi connectivity index (χ1n) is 7.83. The van der Waals surface area contributed by atoms with Crippen LogP contribution >= 0.6 is 0 Å². The second-order valence-corrected chi connectivity index (χ2v) is 5.74. The quantitative estimate of drug-likeness (QED) is 0.871. The van der Waals surface area contributed by atoms with E-state index in [0.717, 1.165) is 37.2 Å². The Morgan fingerprint density at radius 2 is 2.14 bits per heavy atom. The van der Waals surface area contributed by atoms with Crippen molar-refractivity contribution in [3.63, 3.8) is 0 Å². The van der Waals surface area contributed by atoms with Crippen molar-refractivity contribution in [3.05, 3.63) is 29.8 Å². The van der Waals surface area contributed by atoms with Crippen molar-refractivity contribution in [1.82, 2.24) is 10.2 Å². The Morgan fingerprint density at radius 3 is 2.82 bits per heavy atom. The van der Waals surface area contributed by atoms with Crippen LogP contribution in [0.25, 0.3) is 0 Å². The van der Waals surface area contributed by atoms with Crippen molar-refractivity contribution in [2.45, 2.75) is 38.5 Å². The van der Waals surface area contributed by atoms with E-state index in [1.165, 1.54) is 0 Å². The maximum Gasteiger partial charge on any atom is 0.251 e. The number of nitrogens with one attached hydrogen (secondary N) is 1. The maximum absolute atomic E-state index is 12.4. The third kappa shape index (κ3) is 4.45. The number of piperidine rings is 1. The molecule has 0 bridgehead atoms. The number of methoxy groups -OCH3 is 1. The summed E-state index contributed by atoms with van der Waals surface area (Å²) < 4.78 is 10.9. The van der Waals surface area contributed by atoms with Crippen molar-refractivity contribution in [2.24, 2.45) is 0 Å². The fourth-order valence-corrected chi connectivity index (χ4v) is 2.72. The van der Waals surface area contributed by atoms with E-state index >= 15 is 0 Å². The molecule has 1 atom stereocenters. The van der Waals surface area contributed by atoms with Crippen LogP contribution in [0.4, 0.5) is 0 Å². The second-order valence-electron chi connectivity index (χ2n) is 5.74. The first-order valence-corrected chi connectivity index (χ1v) is 7.83. The van der Waals surface area contributed by atoms with Crippen molar-refractivity contribution < 1.29 is 14.3 Å². The molecule has 0 saturated carbocycles. The Labute approximate surface area is 132 Å². The highest BCUT2D eigenvalue weighted by molar-refractivity contribution is 5.80. The number of carbonyl (C=O) groups excluding carboxylic acids is 1. The van der Waals surface area contributed by atoms with Crippen LogP contribution in [0.2, 0.25) is 0 Å². The molecule has 1 aromatic rings. The van der Waals surface area contributed by atoms with Crippen LogP contribution in [0.1, 0.15) is 25.3 Å². The zero-order valence-electron chi connectivity index (χ0n) is 13.7. The molecule has 5 nitrogen and oxygen atoms in total. The Hall–Kier alpha value is -1.59. The van der Waals surface area contributed by atoms with Gasteiger partial charge in [-0.2, -0.15) is 0 Å². The van der Waals surface area contributed by atoms with Crippen LogP contribution in [0.5, 0.6) is 5.75 Å². The molecule has 1 fully saturated rings. The van der Waals surface area contributed by atoms with E-state index in [1.54, 1.807) is 7.11 Å². The number of amides is 1. The lowest BCUT2D eigenvalue weighted by molar-refractivity contribution is -0.144. The number of nitrogens with zero attached hydrogens (tertiary/aromatic N) is 1. The lowest BCUT2D eigenvalue weighted by Crippen LogP contribution is -2.47. The minimum Gasteiger partial charge on any atom is -0.497 e. The number of benzene rings is 1. The first-order chi connectivity index (χ1) is 10.6. The summed E-state index contributed by atoms with van der Waals surface area (Å²) in [6.45, 7) is 4.17. The lowest BCUT2D eigenvalue weighted by atomic mass is 10.0. The molecule has 1 unspecified atom stereocenters. The minimum atomic E-state index is -0.439. The van der Waals surface area contributed by atoms with Crippen LogP contribution in [-0.2, 0) is 16.1 Å². The van der Waals surface area contributed by atoms with E-state index in [1.807, 2.05) is 43.1 Å². The molecule has 1 aliphatic heterocycles. The summed E-state index contributed by atoms with van der Waals surface area (Å²) in [6.07, 6.45) is 1.57. The number of likely N-dealkylation sites (N-methyl/N-ethyl adjacent to an activating group) is 1. The van der Waals surface area contributed by atoms with Gasteiger partial charge in [0.25, 0.3) is 5.91 Å². The zero-order chi connectivity index (χ0) is 15.9. The largest absolute Gasteiger partial charge is 0.497 e. The molecule has 1 saturated heterocycles. The Bertz CT molecular complexity index is 487. The summed E-state index contributed by atoms with van der Waals surface area (Å²) in [7, 11) is 3.52. The average molecular weight is 306 g/mol. The molecular weight excluding hydrogens is 280 g/mol. The predicted molar refractivity (Wildman–Crippen MR) is 85.9 cm³/mol. The molecule has 122 valence electrons. The van der Waals surface area contributed by atoms with E-state index in [0.29, 0.717) is 12.6 Å². The molecule has 1 amide bonds. The Kier molecular flexibility index (Phi) is 6.21.